The molecule has 0 atom stereocenters. The van der Waals surface area contributed by atoms with E-state index in [9.17, 15) is 20.2 Å². The summed E-state index contributed by atoms with van der Waals surface area (Å²) in [4.78, 5) is 27.9. The number of aromatic nitrogens is 2. The number of rotatable bonds is 4. The van der Waals surface area contributed by atoms with E-state index in [-0.39, 0.29) is 5.82 Å². The molecule has 0 aliphatic rings. The van der Waals surface area contributed by atoms with E-state index in [1.165, 1.54) is 6.20 Å². The highest BCUT2D eigenvalue weighted by atomic mass is 79.9. The number of halogens is 2. The van der Waals surface area contributed by atoms with Gasteiger partial charge in [-0.1, -0.05) is 0 Å². The number of pyridine rings is 2. The SMILES string of the molecule is O=[N+]([O-])c1cnc(Nc2ncc(Br)cc2Br)c([N+](=O)[O-])c1. The third-order valence-corrected chi connectivity index (χ3v) is 3.34. The highest BCUT2D eigenvalue weighted by molar-refractivity contribution is 9.11. The van der Waals surface area contributed by atoms with Crippen molar-refractivity contribution in [3.8, 4) is 0 Å². The van der Waals surface area contributed by atoms with E-state index in [4.69, 9.17) is 0 Å². The monoisotopic (exact) mass is 417 g/mol. The van der Waals surface area contributed by atoms with Gasteiger partial charge in [-0.05, 0) is 37.9 Å². The summed E-state index contributed by atoms with van der Waals surface area (Å²) < 4.78 is 1.26. The molecule has 2 rings (SSSR count). The fourth-order valence-electron chi connectivity index (χ4n) is 1.40. The highest BCUT2D eigenvalue weighted by Gasteiger charge is 2.22. The van der Waals surface area contributed by atoms with Gasteiger partial charge < -0.3 is 5.32 Å². The second kappa shape index (κ2) is 6.10. The molecule has 2 aromatic heterocycles. The lowest BCUT2D eigenvalue weighted by Gasteiger charge is -2.07. The number of anilines is 2. The van der Waals surface area contributed by atoms with Crippen molar-refractivity contribution in [3.05, 3.63) is 53.7 Å². The molecule has 0 spiro atoms. The minimum Gasteiger partial charge on any atom is -0.318 e. The average Bonchev–Trinajstić information content (AvgIpc) is 2.41. The van der Waals surface area contributed by atoms with Crippen LogP contribution in [0.25, 0.3) is 0 Å². The van der Waals surface area contributed by atoms with E-state index >= 15 is 0 Å². The zero-order valence-corrected chi connectivity index (χ0v) is 13.2. The lowest BCUT2D eigenvalue weighted by atomic mass is 10.3. The van der Waals surface area contributed by atoms with Crippen molar-refractivity contribution in [2.45, 2.75) is 0 Å². The maximum absolute atomic E-state index is 11.0. The molecule has 9 nitrogen and oxygen atoms in total. The van der Waals surface area contributed by atoms with Crippen LogP contribution >= 0.6 is 31.9 Å². The summed E-state index contributed by atoms with van der Waals surface area (Å²) in [6.45, 7) is 0. The topological polar surface area (TPSA) is 124 Å². The van der Waals surface area contributed by atoms with Crippen LogP contribution in [0.1, 0.15) is 0 Å². The Morgan fingerprint density at radius 1 is 1.00 bits per heavy atom. The number of hydrogen-bond acceptors (Lipinski definition) is 7. The van der Waals surface area contributed by atoms with E-state index in [0.29, 0.717) is 14.8 Å². The van der Waals surface area contributed by atoms with Gasteiger partial charge in [0.25, 0.3) is 5.69 Å². The normalized spacial score (nSPS) is 10.2. The van der Waals surface area contributed by atoms with E-state index in [1.54, 1.807) is 6.07 Å². The van der Waals surface area contributed by atoms with Gasteiger partial charge in [0, 0.05) is 10.7 Å². The van der Waals surface area contributed by atoms with Gasteiger partial charge >= 0.3 is 5.69 Å². The van der Waals surface area contributed by atoms with E-state index in [0.717, 1.165) is 12.3 Å². The van der Waals surface area contributed by atoms with Gasteiger partial charge in [0.05, 0.1) is 20.4 Å². The van der Waals surface area contributed by atoms with Gasteiger partial charge in [0.1, 0.15) is 12.0 Å². The van der Waals surface area contributed by atoms with Crippen molar-refractivity contribution in [2.75, 3.05) is 5.32 Å². The molecule has 21 heavy (non-hydrogen) atoms. The molecule has 108 valence electrons. The quantitative estimate of drug-likeness (QED) is 0.594. The van der Waals surface area contributed by atoms with Crippen molar-refractivity contribution < 1.29 is 9.85 Å². The molecule has 0 aliphatic carbocycles. The van der Waals surface area contributed by atoms with Crippen LogP contribution in [-0.2, 0) is 0 Å². The summed E-state index contributed by atoms with van der Waals surface area (Å²) >= 11 is 6.47. The maximum Gasteiger partial charge on any atom is 0.318 e. The molecule has 0 aromatic carbocycles. The summed E-state index contributed by atoms with van der Waals surface area (Å²) in [5.41, 5.74) is -0.976. The summed E-state index contributed by atoms with van der Waals surface area (Å²) in [5.74, 6) is 0.156. The number of nitrogens with zero attached hydrogens (tertiary/aromatic N) is 4. The molecule has 2 heterocycles. The summed E-state index contributed by atoms with van der Waals surface area (Å²) in [6.07, 6.45) is 2.42. The predicted molar refractivity (Wildman–Crippen MR) is 80.5 cm³/mol. The van der Waals surface area contributed by atoms with Crippen molar-refractivity contribution >= 4 is 54.9 Å². The van der Waals surface area contributed by atoms with E-state index in [2.05, 4.69) is 47.1 Å². The first-order chi connectivity index (χ1) is 9.88. The molecule has 2 aromatic rings. The zero-order valence-electron chi connectivity index (χ0n) is 9.99. The standard InChI is InChI=1S/C10H5Br2N5O4/c11-5-1-7(12)9(13-3-5)15-10-8(17(20)21)2-6(4-14-10)16(18)19/h1-4H,(H,13,14,15). The van der Waals surface area contributed by atoms with Crippen LogP contribution in [0, 0.1) is 20.2 Å². The second-order valence-corrected chi connectivity index (χ2v) is 5.45. The Hall–Kier alpha value is -2.14. The molecule has 0 amide bonds. The van der Waals surface area contributed by atoms with Crippen LogP contribution in [0.3, 0.4) is 0 Å². The minimum absolute atomic E-state index is 0.138. The molecule has 0 aliphatic heterocycles. The van der Waals surface area contributed by atoms with Crippen LogP contribution in [0.4, 0.5) is 23.0 Å². The lowest BCUT2D eigenvalue weighted by molar-refractivity contribution is -0.394. The largest absolute Gasteiger partial charge is 0.318 e. The van der Waals surface area contributed by atoms with E-state index < -0.39 is 21.2 Å². The van der Waals surface area contributed by atoms with Gasteiger partial charge in [-0.15, -0.1) is 0 Å². The number of nitrogens with one attached hydrogen (secondary N) is 1. The van der Waals surface area contributed by atoms with Crippen molar-refractivity contribution in [3.63, 3.8) is 0 Å². The number of nitro groups is 2. The summed E-state index contributed by atoms with van der Waals surface area (Å²) in [5, 5.41) is 24.3. The van der Waals surface area contributed by atoms with Crippen molar-refractivity contribution in [1.29, 1.82) is 0 Å². The maximum atomic E-state index is 11.0. The molecular formula is C10H5Br2N5O4. The third-order valence-electron chi connectivity index (χ3n) is 2.31. The van der Waals surface area contributed by atoms with Crippen molar-refractivity contribution in [2.24, 2.45) is 0 Å². The van der Waals surface area contributed by atoms with Gasteiger partial charge in [-0.25, -0.2) is 9.97 Å². The minimum atomic E-state index is -0.755. The first-order valence-corrected chi connectivity index (χ1v) is 6.84. The fraction of sp³-hybridized carbons (Fsp3) is 0. The Morgan fingerprint density at radius 2 is 1.67 bits per heavy atom. The smallest absolute Gasteiger partial charge is 0.318 e. The molecule has 11 heteroatoms. The average molecular weight is 419 g/mol. The van der Waals surface area contributed by atoms with Gasteiger partial charge in [-0.3, -0.25) is 20.2 Å². The molecule has 0 unspecified atom stereocenters. The molecule has 0 fully saturated rings. The van der Waals surface area contributed by atoms with Gasteiger partial charge in [-0.2, -0.15) is 0 Å². The van der Waals surface area contributed by atoms with Crippen LogP contribution in [0.5, 0.6) is 0 Å². The molecule has 0 radical (unpaired) electrons. The first-order valence-electron chi connectivity index (χ1n) is 5.25. The molecular weight excluding hydrogens is 414 g/mol. The fourth-order valence-corrected chi connectivity index (χ4v) is 2.48. The second-order valence-electron chi connectivity index (χ2n) is 3.68. The van der Waals surface area contributed by atoms with Crippen LogP contribution in [-0.4, -0.2) is 19.8 Å². The Labute approximate surface area is 134 Å². The van der Waals surface area contributed by atoms with Gasteiger partial charge in [0.15, 0.2) is 0 Å². The molecule has 0 saturated heterocycles. The molecule has 1 N–H and O–H groups in total. The lowest BCUT2D eigenvalue weighted by Crippen LogP contribution is -2.03. The molecule has 0 bridgehead atoms. The Bertz CT molecular complexity index is 739. The number of hydrogen-bond donors (Lipinski definition) is 1. The van der Waals surface area contributed by atoms with Crippen molar-refractivity contribution in [1.82, 2.24) is 9.97 Å². The van der Waals surface area contributed by atoms with Crippen LogP contribution in [0.15, 0.2) is 33.5 Å². The predicted octanol–water partition coefficient (Wildman–Crippen LogP) is 3.56. The first kappa shape index (κ1) is 15.3. The molecule has 0 saturated carbocycles. The Kier molecular flexibility index (Phi) is 4.43. The van der Waals surface area contributed by atoms with Gasteiger partial charge in [0.2, 0.25) is 5.82 Å². The van der Waals surface area contributed by atoms with E-state index in [1.807, 2.05) is 0 Å². The third kappa shape index (κ3) is 3.49. The summed E-state index contributed by atoms with van der Waals surface area (Å²) in [7, 11) is 0. The van der Waals surface area contributed by atoms with Crippen LogP contribution in [0.2, 0.25) is 0 Å². The zero-order chi connectivity index (χ0) is 15.6. The summed E-state index contributed by atoms with van der Waals surface area (Å²) in [6, 6.07) is 2.52. The Morgan fingerprint density at radius 3 is 2.24 bits per heavy atom. The Balaban J connectivity index is 2.44. The van der Waals surface area contributed by atoms with Crippen LogP contribution < -0.4 is 5.32 Å². The highest BCUT2D eigenvalue weighted by Crippen LogP contribution is 2.31.